The maximum absolute atomic E-state index is 12.1. The van der Waals surface area contributed by atoms with Gasteiger partial charge in [0.1, 0.15) is 11.2 Å². The molecule has 0 aliphatic carbocycles. The van der Waals surface area contributed by atoms with E-state index in [1.807, 2.05) is 0 Å². The first-order valence-electron chi connectivity index (χ1n) is 8.30. The Morgan fingerprint density at radius 1 is 1.36 bits per heavy atom. The van der Waals surface area contributed by atoms with E-state index in [1.54, 1.807) is 17.8 Å². The molecule has 1 aliphatic heterocycles. The summed E-state index contributed by atoms with van der Waals surface area (Å²) in [7, 11) is 1.77. The van der Waals surface area contributed by atoms with Crippen LogP contribution in [0, 0.1) is 0 Å². The molecule has 25 heavy (non-hydrogen) atoms. The molecule has 1 amide bonds. The van der Waals surface area contributed by atoms with Crippen molar-refractivity contribution in [3.63, 3.8) is 0 Å². The number of rotatable bonds is 6. The average molecular weight is 345 g/mol. The minimum absolute atomic E-state index is 0.0148. The molecular formula is C16H23N7O2. The SMILES string of the molecule is C=CCNC(=O)CN1CCN(Cc2nc3c(cnn3C)c(=O)[nH]2)CC1. The topological polar surface area (TPSA) is 99.2 Å². The van der Waals surface area contributed by atoms with Crippen LogP contribution in [0.2, 0.25) is 0 Å². The molecule has 0 radical (unpaired) electrons. The predicted molar refractivity (Wildman–Crippen MR) is 94.1 cm³/mol. The summed E-state index contributed by atoms with van der Waals surface area (Å²) < 4.78 is 1.61. The highest BCUT2D eigenvalue weighted by atomic mass is 16.2. The van der Waals surface area contributed by atoms with Gasteiger partial charge in [-0.3, -0.25) is 24.1 Å². The van der Waals surface area contributed by atoms with E-state index in [-0.39, 0.29) is 11.5 Å². The van der Waals surface area contributed by atoms with Crippen LogP contribution in [-0.2, 0) is 18.4 Å². The number of carbonyl (C=O) groups excluding carboxylic acids is 1. The Morgan fingerprint density at radius 2 is 2.08 bits per heavy atom. The van der Waals surface area contributed by atoms with Crippen molar-refractivity contribution in [3.8, 4) is 0 Å². The molecule has 2 N–H and O–H groups in total. The first kappa shape index (κ1) is 17.3. The van der Waals surface area contributed by atoms with E-state index in [9.17, 15) is 9.59 Å². The Bertz CT molecular complexity index is 817. The molecule has 3 rings (SSSR count). The Morgan fingerprint density at radius 3 is 2.80 bits per heavy atom. The van der Waals surface area contributed by atoms with Crippen molar-refractivity contribution >= 4 is 16.9 Å². The molecule has 9 nitrogen and oxygen atoms in total. The van der Waals surface area contributed by atoms with Crippen LogP contribution in [0.4, 0.5) is 0 Å². The number of carbonyl (C=O) groups is 1. The molecule has 2 aromatic heterocycles. The summed E-state index contributed by atoms with van der Waals surface area (Å²) in [6, 6.07) is 0. The summed E-state index contributed by atoms with van der Waals surface area (Å²) in [5, 5.41) is 7.36. The molecule has 0 spiro atoms. The second kappa shape index (κ2) is 7.58. The van der Waals surface area contributed by atoms with Crippen molar-refractivity contribution < 1.29 is 4.79 Å². The van der Waals surface area contributed by atoms with Crippen LogP contribution in [0.1, 0.15) is 5.82 Å². The van der Waals surface area contributed by atoms with E-state index < -0.39 is 0 Å². The van der Waals surface area contributed by atoms with Crippen LogP contribution in [0.25, 0.3) is 11.0 Å². The number of aromatic amines is 1. The highest BCUT2D eigenvalue weighted by Crippen LogP contribution is 2.08. The number of hydrogen-bond acceptors (Lipinski definition) is 6. The van der Waals surface area contributed by atoms with Crippen LogP contribution in [0.3, 0.4) is 0 Å². The molecule has 134 valence electrons. The average Bonchev–Trinajstić information content (AvgIpc) is 2.96. The summed E-state index contributed by atoms with van der Waals surface area (Å²) in [5.41, 5.74) is 0.432. The smallest absolute Gasteiger partial charge is 0.262 e. The number of aromatic nitrogens is 4. The van der Waals surface area contributed by atoms with Crippen LogP contribution >= 0.6 is 0 Å². The zero-order valence-electron chi connectivity index (χ0n) is 14.4. The van der Waals surface area contributed by atoms with Gasteiger partial charge in [0.2, 0.25) is 5.91 Å². The Hall–Kier alpha value is -2.52. The Kier molecular flexibility index (Phi) is 5.25. The van der Waals surface area contributed by atoms with Crippen LogP contribution < -0.4 is 10.9 Å². The number of aryl methyl sites for hydroxylation is 1. The lowest BCUT2D eigenvalue weighted by atomic mass is 10.3. The normalized spacial score (nSPS) is 16.2. The largest absolute Gasteiger partial charge is 0.352 e. The Labute approximate surface area is 145 Å². The summed E-state index contributed by atoms with van der Waals surface area (Å²) >= 11 is 0. The predicted octanol–water partition coefficient (Wildman–Crippen LogP) is -0.924. The standard InChI is InChI=1S/C16H23N7O2/c1-3-4-17-14(24)11-23-7-5-22(6-8-23)10-13-19-15-12(16(25)20-13)9-18-21(15)2/h3,9H,1,4-8,10-11H2,2H3,(H,17,24)(H,19,20,25). The van der Waals surface area contributed by atoms with Gasteiger partial charge < -0.3 is 10.3 Å². The van der Waals surface area contributed by atoms with E-state index in [1.165, 1.54) is 6.20 Å². The molecular weight excluding hydrogens is 322 g/mol. The van der Waals surface area contributed by atoms with Gasteiger partial charge in [-0.1, -0.05) is 6.08 Å². The molecule has 9 heteroatoms. The van der Waals surface area contributed by atoms with E-state index in [4.69, 9.17) is 0 Å². The fourth-order valence-electron chi connectivity index (χ4n) is 2.92. The summed E-state index contributed by atoms with van der Waals surface area (Å²) in [6.45, 7) is 8.31. The second-order valence-corrected chi connectivity index (χ2v) is 6.16. The summed E-state index contributed by atoms with van der Waals surface area (Å²) in [4.78, 5) is 35.5. The van der Waals surface area contributed by atoms with Crippen LogP contribution in [-0.4, -0.2) is 74.7 Å². The number of piperazine rings is 1. The fourth-order valence-corrected chi connectivity index (χ4v) is 2.92. The van der Waals surface area contributed by atoms with Crippen molar-refractivity contribution in [1.29, 1.82) is 0 Å². The molecule has 2 aromatic rings. The third kappa shape index (κ3) is 4.12. The van der Waals surface area contributed by atoms with Crippen molar-refractivity contribution in [2.45, 2.75) is 6.54 Å². The minimum atomic E-state index is -0.161. The molecule has 0 bridgehead atoms. The molecule has 0 aromatic carbocycles. The minimum Gasteiger partial charge on any atom is -0.352 e. The monoisotopic (exact) mass is 345 g/mol. The lowest BCUT2D eigenvalue weighted by molar-refractivity contribution is -0.122. The number of nitrogens with zero attached hydrogens (tertiary/aromatic N) is 5. The van der Waals surface area contributed by atoms with Gasteiger partial charge in [-0.15, -0.1) is 6.58 Å². The van der Waals surface area contributed by atoms with Gasteiger partial charge in [0.05, 0.1) is 19.3 Å². The fraction of sp³-hybridized carbons (Fsp3) is 0.500. The third-order valence-electron chi connectivity index (χ3n) is 4.30. The number of fused-ring (bicyclic) bond motifs is 1. The van der Waals surface area contributed by atoms with Gasteiger partial charge in [-0.25, -0.2) is 4.98 Å². The molecule has 0 unspecified atom stereocenters. The molecule has 1 fully saturated rings. The van der Waals surface area contributed by atoms with E-state index in [0.29, 0.717) is 36.5 Å². The maximum atomic E-state index is 12.1. The lowest BCUT2D eigenvalue weighted by Gasteiger charge is -2.33. The summed E-state index contributed by atoms with van der Waals surface area (Å²) in [6.07, 6.45) is 3.20. The maximum Gasteiger partial charge on any atom is 0.262 e. The van der Waals surface area contributed by atoms with E-state index >= 15 is 0 Å². The summed E-state index contributed by atoms with van der Waals surface area (Å²) in [5.74, 6) is 0.652. The number of H-pyrrole nitrogens is 1. The van der Waals surface area contributed by atoms with Gasteiger partial charge >= 0.3 is 0 Å². The van der Waals surface area contributed by atoms with Gasteiger partial charge in [0.25, 0.3) is 5.56 Å². The molecule has 3 heterocycles. The first-order chi connectivity index (χ1) is 12.1. The molecule has 0 saturated carbocycles. The highest BCUT2D eigenvalue weighted by molar-refractivity contribution is 5.78. The quantitative estimate of drug-likeness (QED) is 0.657. The van der Waals surface area contributed by atoms with Crippen molar-refractivity contribution in [2.75, 3.05) is 39.3 Å². The number of hydrogen-bond donors (Lipinski definition) is 2. The lowest BCUT2D eigenvalue weighted by Crippen LogP contribution is -2.49. The van der Waals surface area contributed by atoms with Crippen molar-refractivity contribution in [1.82, 2.24) is 34.9 Å². The highest BCUT2D eigenvalue weighted by Gasteiger charge is 2.20. The Balaban J connectivity index is 1.55. The van der Waals surface area contributed by atoms with Crippen LogP contribution in [0.5, 0.6) is 0 Å². The van der Waals surface area contributed by atoms with Gasteiger partial charge in [-0.05, 0) is 0 Å². The molecule has 1 saturated heterocycles. The first-order valence-corrected chi connectivity index (χ1v) is 8.30. The van der Waals surface area contributed by atoms with Gasteiger partial charge in [-0.2, -0.15) is 5.10 Å². The molecule has 1 aliphatic rings. The van der Waals surface area contributed by atoms with Gasteiger partial charge in [0.15, 0.2) is 5.65 Å². The second-order valence-electron chi connectivity index (χ2n) is 6.16. The van der Waals surface area contributed by atoms with E-state index in [2.05, 4.69) is 36.8 Å². The number of nitrogens with one attached hydrogen (secondary N) is 2. The van der Waals surface area contributed by atoms with Crippen molar-refractivity contribution in [2.24, 2.45) is 7.05 Å². The van der Waals surface area contributed by atoms with Crippen LogP contribution in [0.15, 0.2) is 23.6 Å². The number of amides is 1. The molecule has 0 atom stereocenters. The van der Waals surface area contributed by atoms with E-state index in [0.717, 1.165) is 26.2 Å². The van der Waals surface area contributed by atoms with Crippen molar-refractivity contribution in [3.05, 3.63) is 35.0 Å². The third-order valence-corrected chi connectivity index (χ3v) is 4.30. The zero-order valence-corrected chi connectivity index (χ0v) is 14.4. The zero-order chi connectivity index (χ0) is 17.8. The van der Waals surface area contributed by atoms with Gasteiger partial charge in [0, 0.05) is 39.8 Å².